The first-order valence-corrected chi connectivity index (χ1v) is 12.5. The number of piperidine rings is 2. The van der Waals surface area contributed by atoms with Gasteiger partial charge in [0.1, 0.15) is 6.17 Å². The Morgan fingerprint density at radius 1 is 1.30 bits per heavy atom. The predicted octanol–water partition coefficient (Wildman–Crippen LogP) is 1.22. The molecule has 3 aliphatic rings. The average molecular weight is 482 g/mol. The molecule has 8 nitrogen and oxygen atoms in total. The molecule has 1 aromatic carbocycles. The molecule has 10 heteroatoms. The third-order valence-electron chi connectivity index (χ3n) is 7.14. The molecule has 3 heterocycles. The molecule has 1 aromatic rings. The fourth-order valence-electron chi connectivity index (χ4n) is 5.11. The number of alkyl halides is 2. The molecular weight excluding hydrogens is 445 g/mol. The maximum absolute atomic E-state index is 14.4. The van der Waals surface area contributed by atoms with E-state index in [2.05, 4.69) is 37.0 Å². The summed E-state index contributed by atoms with van der Waals surface area (Å²) in [5.74, 6) is -0.158. The second kappa shape index (κ2) is 11.3. The van der Waals surface area contributed by atoms with Crippen LogP contribution >= 0.6 is 11.6 Å². The molecule has 1 amide bonds. The minimum Gasteiger partial charge on any atom is -0.382 e. The van der Waals surface area contributed by atoms with E-state index in [1.54, 1.807) is 0 Å². The van der Waals surface area contributed by atoms with Crippen molar-refractivity contribution in [2.24, 2.45) is 5.92 Å². The fourth-order valence-corrected chi connectivity index (χ4v) is 5.57. The first-order valence-electron chi connectivity index (χ1n) is 12.0. The summed E-state index contributed by atoms with van der Waals surface area (Å²) in [5.41, 5.74) is 8.01. The van der Waals surface area contributed by atoms with Gasteiger partial charge in [0.15, 0.2) is 0 Å². The van der Waals surface area contributed by atoms with Gasteiger partial charge in [-0.15, -0.1) is 11.6 Å². The number of nitrogens with zero attached hydrogens (tertiary/aromatic N) is 1. The van der Waals surface area contributed by atoms with Crippen LogP contribution in [0.2, 0.25) is 0 Å². The van der Waals surface area contributed by atoms with Crippen LogP contribution in [0.4, 0.5) is 10.1 Å². The molecule has 7 atom stereocenters. The van der Waals surface area contributed by atoms with Crippen LogP contribution in [0.25, 0.3) is 0 Å². The zero-order chi connectivity index (χ0) is 23.4. The predicted molar refractivity (Wildman–Crippen MR) is 130 cm³/mol. The van der Waals surface area contributed by atoms with Crippen molar-refractivity contribution in [3.8, 4) is 0 Å². The molecule has 4 rings (SSSR count). The van der Waals surface area contributed by atoms with Gasteiger partial charge in [-0.3, -0.25) is 9.69 Å². The number of rotatable bonds is 7. The molecule has 0 radical (unpaired) electrons. The highest BCUT2D eigenvalue weighted by Crippen LogP contribution is 2.25. The van der Waals surface area contributed by atoms with Gasteiger partial charge in [0.2, 0.25) is 0 Å². The lowest BCUT2D eigenvalue weighted by Gasteiger charge is -2.35. The maximum atomic E-state index is 14.4. The Labute approximate surface area is 200 Å². The van der Waals surface area contributed by atoms with Crippen LogP contribution in [0.5, 0.6) is 0 Å². The van der Waals surface area contributed by atoms with Gasteiger partial charge in [-0.2, -0.15) is 0 Å². The highest BCUT2D eigenvalue weighted by Gasteiger charge is 2.40. The Morgan fingerprint density at radius 3 is 2.94 bits per heavy atom. The van der Waals surface area contributed by atoms with E-state index in [0.29, 0.717) is 18.7 Å². The minimum atomic E-state index is -0.859. The number of carbonyl (C=O) groups excluding carboxylic acids is 1. The summed E-state index contributed by atoms with van der Waals surface area (Å²) < 4.78 is 14.4. The molecule has 3 fully saturated rings. The quantitative estimate of drug-likeness (QED) is 0.326. The number of hydrogen-bond acceptors (Lipinski definition) is 7. The van der Waals surface area contributed by atoms with Crippen molar-refractivity contribution < 1.29 is 9.18 Å². The van der Waals surface area contributed by atoms with Crippen molar-refractivity contribution in [1.29, 1.82) is 0 Å². The lowest BCUT2D eigenvalue weighted by atomic mass is 9.92. The SMILES string of the molecule is C[C@@H](NC(=O)c1cccc(NCC2NNC(C3CCNCC3F)N2C)c1)C1NCCCC1Cl. The van der Waals surface area contributed by atoms with E-state index in [1.807, 2.05) is 38.2 Å². The van der Waals surface area contributed by atoms with E-state index in [4.69, 9.17) is 11.6 Å². The van der Waals surface area contributed by atoms with Gasteiger partial charge in [0, 0.05) is 42.3 Å². The highest BCUT2D eigenvalue weighted by molar-refractivity contribution is 6.21. The number of nitrogens with one attached hydrogen (secondary N) is 6. The maximum Gasteiger partial charge on any atom is 0.251 e. The molecule has 0 aromatic heterocycles. The molecule has 0 spiro atoms. The molecule has 6 N–H and O–H groups in total. The molecule has 0 aliphatic carbocycles. The van der Waals surface area contributed by atoms with Crippen LogP contribution < -0.4 is 32.1 Å². The summed E-state index contributed by atoms with van der Waals surface area (Å²) in [6, 6.07) is 7.50. The van der Waals surface area contributed by atoms with Crippen molar-refractivity contribution in [2.75, 3.05) is 38.5 Å². The van der Waals surface area contributed by atoms with E-state index in [-0.39, 0.29) is 41.6 Å². The Hall–Kier alpha value is -1.49. The van der Waals surface area contributed by atoms with Crippen LogP contribution in [0.3, 0.4) is 0 Å². The number of likely N-dealkylation sites (N-methyl/N-ethyl adjacent to an activating group) is 1. The Kier molecular flexibility index (Phi) is 8.43. The number of benzene rings is 1. The Balaban J connectivity index is 1.29. The topological polar surface area (TPSA) is 92.5 Å². The van der Waals surface area contributed by atoms with E-state index in [9.17, 15) is 9.18 Å². The molecular formula is C23H37ClFN7O. The van der Waals surface area contributed by atoms with Crippen molar-refractivity contribution in [3.05, 3.63) is 29.8 Å². The molecule has 3 aliphatic heterocycles. The standard InChI is InChI=1S/C23H37ClFN7O/c1-14(21-18(24)7-4-9-27-21)29-23(33)15-5-3-6-16(11-15)28-13-20-30-31-22(32(20)2)17-8-10-26-12-19(17)25/h3,5-6,11,14,17-22,26-28,30-31H,4,7-10,12-13H2,1-2H3,(H,29,33)/t14-,17?,18?,19?,20?,21?,22?/m1/s1. The molecule has 6 unspecified atom stereocenters. The lowest BCUT2D eigenvalue weighted by molar-refractivity contribution is 0.0816. The van der Waals surface area contributed by atoms with E-state index < -0.39 is 6.17 Å². The number of hydrazine groups is 1. The monoisotopic (exact) mass is 481 g/mol. The van der Waals surface area contributed by atoms with E-state index in [0.717, 1.165) is 38.0 Å². The smallest absolute Gasteiger partial charge is 0.251 e. The Morgan fingerprint density at radius 2 is 2.15 bits per heavy atom. The first kappa shape index (κ1) is 24.6. The van der Waals surface area contributed by atoms with Crippen LogP contribution in [0.15, 0.2) is 24.3 Å². The molecule has 0 saturated carbocycles. The lowest BCUT2D eigenvalue weighted by Crippen LogP contribution is -2.55. The zero-order valence-corrected chi connectivity index (χ0v) is 20.2. The number of anilines is 1. The number of carbonyl (C=O) groups is 1. The second-order valence-electron chi connectivity index (χ2n) is 9.45. The third-order valence-corrected chi connectivity index (χ3v) is 7.63. The summed E-state index contributed by atoms with van der Waals surface area (Å²) >= 11 is 6.45. The summed E-state index contributed by atoms with van der Waals surface area (Å²) in [6.07, 6.45) is 1.93. The van der Waals surface area contributed by atoms with Crippen molar-refractivity contribution in [3.63, 3.8) is 0 Å². The van der Waals surface area contributed by atoms with Gasteiger partial charge in [-0.1, -0.05) is 6.07 Å². The fraction of sp³-hybridized carbons (Fsp3) is 0.696. The van der Waals surface area contributed by atoms with Gasteiger partial charge in [0.05, 0.1) is 17.7 Å². The molecule has 33 heavy (non-hydrogen) atoms. The minimum absolute atomic E-state index is 0.00706. The normalized spacial score (nSPS) is 34.1. The van der Waals surface area contributed by atoms with Crippen molar-refractivity contribution in [2.45, 2.75) is 62.2 Å². The van der Waals surface area contributed by atoms with Gasteiger partial charge in [-0.25, -0.2) is 15.2 Å². The van der Waals surface area contributed by atoms with E-state index >= 15 is 0 Å². The summed E-state index contributed by atoms with van der Waals surface area (Å²) in [5, 5.41) is 13.0. The van der Waals surface area contributed by atoms with Gasteiger partial charge in [0.25, 0.3) is 5.91 Å². The first-order chi connectivity index (χ1) is 15.9. The van der Waals surface area contributed by atoms with Crippen LogP contribution in [-0.4, -0.2) is 80.0 Å². The second-order valence-corrected chi connectivity index (χ2v) is 10.0. The van der Waals surface area contributed by atoms with Gasteiger partial charge in [-0.05, 0) is 64.5 Å². The Bertz CT molecular complexity index is 802. The average Bonchev–Trinajstić information content (AvgIpc) is 3.18. The van der Waals surface area contributed by atoms with Gasteiger partial charge < -0.3 is 21.3 Å². The van der Waals surface area contributed by atoms with Crippen molar-refractivity contribution >= 4 is 23.2 Å². The largest absolute Gasteiger partial charge is 0.382 e. The van der Waals surface area contributed by atoms with Crippen LogP contribution in [-0.2, 0) is 0 Å². The van der Waals surface area contributed by atoms with Crippen LogP contribution in [0, 0.1) is 5.92 Å². The molecule has 0 bridgehead atoms. The van der Waals surface area contributed by atoms with Crippen LogP contribution in [0.1, 0.15) is 36.5 Å². The third kappa shape index (κ3) is 5.96. The summed E-state index contributed by atoms with van der Waals surface area (Å²) in [6.45, 7) is 4.79. The molecule has 184 valence electrons. The number of hydrogen-bond donors (Lipinski definition) is 6. The number of amides is 1. The molecule has 3 saturated heterocycles. The van der Waals surface area contributed by atoms with E-state index in [1.165, 1.54) is 0 Å². The summed E-state index contributed by atoms with van der Waals surface area (Å²) in [4.78, 5) is 15.0. The number of halogens is 2. The van der Waals surface area contributed by atoms with Gasteiger partial charge >= 0.3 is 0 Å². The zero-order valence-electron chi connectivity index (χ0n) is 19.4. The highest BCUT2D eigenvalue weighted by atomic mass is 35.5. The van der Waals surface area contributed by atoms with Crippen molar-refractivity contribution in [1.82, 2.24) is 31.7 Å². The summed E-state index contributed by atoms with van der Waals surface area (Å²) in [7, 11) is 2.01.